The molecule has 1 aromatic heterocycles. The van der Waals surface area contributed by atoms with Crippen LogP contribution in [0, 0.1) is 0 Å². The van der Waals surface area contributed by atoms with Gasteiger partial charge in [0, 0.05) is 42.1 Å². The SMILES string of the molecule is NC(=NO)c1ccc(-c2csc(SCC(=O)NC3CCN(Cc4ccc(Cl)c(Cl)c4)C(=O)C3)n2)cc1. The minimum Gasteiger partial charge on any atom is -0.409 e. The van der Waals surface area contributed by atoms with Crippen LogP contribution in [-0.4, -0.2) is 51.1 Å². The van der Waals surface area contributed by atoms with Gasteiger partial charge in [-0.3, -0.25) is 9.59 Å². The Kier molecular flexibility index (Phi) is 8.73. The Balaban J connectivity index is 1.23. The lowest BCUT2D eigenvalue weighted by Gasteiger charge is -2.32. The van der Waals surface area contributed by atoms with Crippen LogP contribution in [0.1, 0.15) is 24.0 Å². The van der Waals surface area contributed by atoms with E-state index in [1.165, 1.54) is 23.1 Å². The largest absolute Gasteiger partial charge is 0.409 e. The van der Waals surface area contributed by atoms with E-state index in [0.717, 1.165) is 21.2 Å². The second kappa shape index (κ2) is 12.0. The van der Waals surface area contributed by atoms with Crippen LogP contribution in [0.25, 0.3) is 11.3 Å². The third kappa shape index (κ3) is 6.70. The van der Waals surface area contributed by atoms with Gasteiger partial charge in [0.2, 0.25) is 11.8 Å². The number of hydrogen-bond acceptors (Lipinski definition) is 7. The molecule has 2 aromatic carbocycles. The topological polar surface area (TPSA) is 121 Å². The van der Waals surface area contributed by atoms with Crippen LogP contribution < -0.4 is 11.1 Å². The van der Waals surface area contributed by atoms with E-state index in [-0.39, 0.29) is 35.9 Å². The van der Waals surface area contributed by atoms with Gasteiger partial charge in [0.05, 0.1) is 21.5 Å². The Hall–Kier alpha value is -2.79. The van der Waals surface area contributed by atoms with E-state index >= 15 is 0 Å². The number of amides is 2. The van der Waals surface area contributed by atoms with Crippen LogP contribution in [0.2, 0.25) is 10.0 Å². The van der Waals surface area contributed by atoms with Crippen molar-refractivity contribution in [2.24, 2.45) is 10.9 Å². The lowest BCUT2D eigenvalue weighted by atomic mass is 10.0. The zero-order valence-corrected chi connectivity index (χ0v) is 22.1. The number of piperidine rings is 1. The highest BCUT2D eigenvalue weighted by Crippen LogP contribution is 2.29. The number of likely N-dealkylation sites (tertiary alicyclic amines) is 1. The van der Waals surface area contributed by atoms with E-state index in [2.05, 4.69) is 15.5 Å². The molecule has 2 heterocycles. The highest BCUT2D eigenvalue weighted by atomic mass is 35.5. The number of benzene rings is 2. The van der Waals surface area contributed by atoms with Crippen molar-refractivity contribution in [3.63, 3.8) is 0 Å². The van der Waals surface area contributed by atoms with Gasteiger partial charge in [0.25, 0.3) is 0 Å². The van der Waals surface area contributed by atoms with Gasteiger partial charge in [-0.05, 0) is 24.1 Å². The van der Waals surface area contributed by atoms with Gasteiger partial charge in [0.15, 0.2) is 10.2 Å². The second-order valence-electron chi connectivity index (χ2n) is 8.17. The summed E-state index contributed by atoms with van der Waals surface area (Å²) >= 11 is 14.8. The minimum atomic E-state index is -0.184. The van der Waals surface area contributed by atoms with Crippen molar-refractivity contribution in [2.75, 3.05) is 12.3 Å². The molecule has 1 atom stereocenters. The molecule has 8 nitrogen and oxygen atoms in total. The third-order valence-corrected chi connectivity index (χ3v) is 8.40. The zero-order chi connectivity index (χ0) is 25.7. The molecule has 1 aliphatic heterocycles. The summed E-state index contributed by atoms with van der Waals surface area (Å²) in [4.78, 5) is 31.4. The molecule has 0 saturated carbocycles. The fraction of sp³-hybridized carbons (Fsp3) is 0.250. The summed E-state index contributed by atoms with van der Waals surface area (Å²) in [5, 5.41) is 17.6. The normalized spacial score (nSPS) is 16.3. The van der Waals surface area contributed by atoms with Crippen molar-refractivity contribution in [1.29, 1.82) is 0 Å². The van der Waals surface area contributed by atoms with Crippen molar-refractivity contribution in [3.05, 3.63) is 69.0 Å². The fourth-order valence-corrected chi connectivity index (χ4v) is 5.72. The molecule has 0 bridgehead atoms. The van der Waals surface area contributed by atoms with E-state index in [9.17, 15) is 9.59 Å². The van der Waals surface area contributed by atoms with E-state index < -0.39 is 0 Å². The minimum absolute atomic E-state index is 0.00660. The lowest BCUT2D eigenvalue weighted by Crippen LogP contribution is -2.47. The molecule has 36 heavy (non-hydrogen) atoms. The first-order chi connectivity index (χ1) is 17.3. The molecular weight excluding hydrogens is 541 g/mol. The lowest BCUT2D eigenvalue weighted by molar-refractivity contribution is -0.135. The van der Waals surface area contributed by atoms with E-state index in [1.807, 2.05) is 23.6 Å². The smallest absolute Gasteiger partial charge is 0.230 e. The van der Waals surface area contributed by atoms with Gasteiger partial charge in [-0.25, -0.2) is 4.98 Å². The average molecular weight is 565 g/mol. The maximum atomic E-state index is 12.6. The molecule has 2 amide bonds. The number of oxime groups is 1. The first kappa shape index (κ1) is 26.3. The van der Waals surface area contributed by atoms with Crippen LogP contribution in [0.3, 0.4) is 0 Å². The summed E-state index contributed by atoms with van der Waals surface area (Å²) < 4.78 is 0.771. The van der Waals surface area contributed by atoms with Crippen molar-refractivity contribution in [3.8, 4) is 11.3 Å². The molecule has 12 heteroatoms. The van der Waals surface area contributed by atoms with Gasteiger partial charge in [-0.2, -0.15) is 0 Å². The molecule has 1 aliphatic rings. The molecule has 4 rings (SSSR count). The van der Waals surface area contributed by atoms with E-state index in [4.69, 9.17) is 34.1 Å². The fourth-order valence-electron chi connectivity index (χ4n) is 3.75. The van der Waals surface area contributed by atoms with Gasteiger partial charge >= 0.3 is 0 Å². The molecular formula is C24H23Cl2N5O3S2. The second-order valence-corrected chi connectivity index (χ2v) is 11.1. The maximum absolute atomic E-state index is 12.6. The Morgan fingerprint density at radius 2 is 2.03 bits per heavy atom. The molecule has 0 radical (unpaired) electrons. The standard InChI is InChI=1S/C24H23Cl2N5O3S2/c25-18-6-1-14(9-19(18)26)11-31-8-7-17(10-22(31)33)28-21(32)13-36-24-29-20(12-35-24)15-2-4-16(5-3-15)23(27)30-34/h1-6,9,12,17,34H,7-8,10-11,13H2,(H2,27,30)(H,28,32). The number of hydrogen-bond donors (Lipinski definition) is 3. The quantitative estimate of drug-likeness (QED) is 0.121. The molecule has 188 valence electrons. The van der Waals surface area contributed by atoms with Crippen molar-refractivity contribution >= 4 is 64.0 Å². The van der Waals surface area contributed by atoms with Crippen LogP contribution in [0.5, 0.6) is 0 Å². The number of rotatable bonds is 8. The molecule has 0 aliphatic carbocycles. The highest BCUT2D eigenvalue weighted by Gasteiger charge is 2.27. The summed E-state index contributed by atoms with van der Waals surface area (Å²) in [5.74, 6) is 0.122. The summed E-state index contributed by atoms with van der Waals surface area (Å²) in [5.41, 5.74) is 8.80. The number of thioether (sulfide) groups is 1. The summed E-state index contributed by atoms with van der Waals surface area (Å²) in [6.45, 7) is 1.02. The number of nitrogens with one attached hydrogen (secondary N) is 1. The maximum Gasteiger partial charge on any atom is 0.230 e. The Labute approximate surface area is 226 Å². The van der Waals surface area contributed by atoms with E-state index in [0.29, 0.717) is 35.1 Å². The third-order valence-electron chi connectivity index (χ3n) is 5.64. The van der Waals surface area contributed by atoms with Crippen LogP contribution >= 0.6 is 46.3 Å². The number of nitrogens with zero attached hydrogens (tertiary/aromatic N) is 3. The van der Waals surface area contributed by atoms with Crippen molar-refractivity contribution in [1.82, 2.24) is 15.2 Å². The first-order valence-electron chi connectivity index (χ1n) is 11.0. The average Bonchev–Trinajstić information content (AvgIpc) is 3.35. The Morgan fingerprint density at radius 1 is 1.25 bits per heavy atom. The predicted octanol–water partition coefficient (Wildman–Crippen LogP) is 4.61. The molecule has 1 saturated heterocycles. The number of nitrogens with two attached hydrogens (primary N) is 1. The van der Waals surface area contributed by atoms with Crippen LogP contribution in [0.15, 0.2) is 57.3 Å². The number of aromatic nitrogens is 1. The molecule has 3 aromatic rings. The van der Waals surface area contributed by atoms with E-state index in [1.54, 1.807) is 29.2 Å². The highest BCUT2D eigenvalue weighted by molar-refractivity contribution is 8.01. The monoisotopic (exact) mass is 563 g/mol. The van der Waals surface area contributed by atoms with Gasteiger partial charge < -0.3 is 21.2 Å². The van der Waals surface area contributed by atoms with Crippen LogP contribution in [-0.2, 0) is 16.1 Å². The molecule has 0 spiro atoms. The number of thiazole rings is 1. The van der Waals surface area contributed by atoms with Crippen LogP contribution in [0.4, 0.5) is 0 Å². The van der Waals surface area contributed by atoms with Gasteiger partial charge in [-0.15, -0.1) is 11.3 Å². The number of halogens is 2. The van der Waals surface area contributed by atoms with Gasteiger partial charge in [-0.1, -0.05) is 70.5 Å². The number of carbonyl (C=O) groups is 2. The summed E-state index contributed by atoms with van der Waals surface area (Å²) in [7, 11) is 0. The number of carbonyl (C=O) groups excluding carboxylic acids is 2. The summed E-state index contributed by atoms with van der Waals surface area (Å²) in [6, 6.07) is 12.3. The number of amidine groups is 1. The predicted molar refractivity (Wildman–Crippen MR) is 144 cm³/mol. The van der Waals surface area contributed by atoms with Crippen molar-refractivity contribution < 1.29 is 14.8 Å². The zero-order valence-electron chi connectivity index (χ0n) is 19.0. The molecule has 1 unspecified atom stereocenters. The van der Waals surface area contributed by atoms with Crippen molar-refractivity contribution in [2.45, 2.75) is 29.8 Å². The molecule has 4 N–H and O–H groups in total. The van der Waals surface area contributed by atoms with Gasteiger partial charge in [0.1, 0.15) is 0 Å². The summed E-state index contributed by atoms with van der Waals surface area (Å²) in [6.07, 6.45) is 0.951. The Morgan fingerprint density at radius 3 is 2.72 bits per heavy atom. The molecule has 1 fully saturated rings. The first-order valence-corrected chi connectivity index (χ1v) is 13.6. The Bertz CT molecular complexity index is 1280.